The van der Waals surface area contributed by atoms with Crippen molar-refractivity contribution in [2.75, 3.05) is 7.11 Å². The number of ether oxygens (including phenoxy) is 1. The van der Waals surface area contributed by atoms with Crippen molar-refractivity contribution < 1.29 is 14.6 Å². The number of nitrogens with one attached hydrogen (secondary N) is 1. The van der Waals surface area contributed by atoms with E-state index in [0.29, 0.717) is 23.8 Å². The first-order chi connectivity index (χ1) is 8.93. The van der Waals surface area contributed by atoms with Crippen molar-refractivity contribution in [3.8, 4) is 11.5 Å². The normalized spacial score (nSPS) is 11.5. The average Bonchev–Trinajstić information content (AvgIpc) is 2.35. The van der Waals surface area contributed by atoms with Crippen LogP contribution in [-0.4, -0.2) is 23.8 Å². The lowest BCUT2D eigenvalue weighted by molar-refractivity contribution is -0.121. The molecule has 1 amide bonds. The van der Waals surface area contributed by atoms with Crippen LogP contribution in [0, 0.1) is 5.92 Å². The maximum absolute atomic E-state index is 11.5. The molecule has 1 aromatic carbocycles. The first kappa shape index (κ1) is 15.0. The number of rotatable bonds is 5. The van der Waals surface area contributed by atoms with Gasteiger partial charge in [-0.25, -0.2) is 5.43 Å². The number of hydrogen-bond donors (Lipinski definition) is 2. The number of nitrogens with zero attached hydrogens (tertiary/aromatic N) is 1. The van der Waals surface area contributed by atoms with Crippen LogP contribution in [0.15, 0.2) is 23.3 Å². The third-order valence-corrected chi connectivity index (χ3v) is 2.54. The van der Waals surface area contributed by atoms with Gasteiger partial charge in [0.15, 0.2) is 11.5 Å². The minimum absolute atomic E-state index is 0.0721. The van der Waals surface area contributed by atoms with Crippen LogP contribution in [0.5, 0.6) is 11.5 Å². The molecule has 0 fully saturated rings. The molecule has 0 heterocycles. The van der Waals surface area contributed by atoms with E-state index >= 15 is 0 Å². The lowest BCUT2D eigenvalue weighted by Gasteiger charge is -2.07. The molecule has 0 spiro atoms. The van der Waals surface area contributed by atoms with E-state index in [9.17, 15) is 9.90 Å². The van der Waals surface area contributed by atoms with Crippen LogP contribution < -0.4 is 10.2 Å². The van der Waals surface area contributed by atoms with Gasteiger partial charge in [0.05, 0.1) is 12.8 Å². The highest BCUT2D eigenvalue weighted by Gasteiger charge is 2.06. The molecular formula is C14H20N2O3. The second kappa shape index (κ2) is 6.78. The maximum Gasteiger partial charge on any atom is 0.240 e. The second-order valence-electron chi connectivity index (χ2n) is 4.72. The maximum atomic E-state index is 11.5. The predicted octanol–water partition coefficient (Wildman–Crippen LogP) is 2.29. The van der Waals surface area contributed by atoms with Crippen molar-refractivity contribution in [1.29, 1.82) is 0 Å². The number of phenols is 1. The van der Waals surface area contributed by atoms with E-state index in [2.05, 4.69) is 10.5 Å². The first-order valence-electron chi connectivity index (χ1n) is 6.14. The van der Waals surface area contributed by atoms with Gasteiger partial charge in [0, 0.05) is 12.0 Å². The Balaban J connectivity index is 2.76. The molecule has 19 heavy (non-hydrogen) atoms. The van der Waals surface area contributed by atoms with Gasteiger partial charge in [0.25, 0.3) is 0 Å². The summed E-state index contributed by atoms with van der Waals surface area (Å²) in [5.41, 5.74) is 3.94. The number of carbonyl (C=O) groups excluding carboxylic acids is 1. The summed E-state index contributed by atoms with van der Waals surface area (Å²) in [5.74, 6) is 0.632. The zero-order valence-corrected chi connectivity index (χ0v) is 11.7. The molecule has 0 bridgehead atoms. The molecule has 0 saturated heterocycles. The zero-order chi connectivity index (χ0) is 14.4. The van der Waals surface area contributed by atoms with Crippen LogP contribution in [0.4, 0.5) is 0 Å². The lowest BCUT2D eigenvalue weighted by Crippen LogP contribution is -2.20. The summed E-state index contributed by atoms with van der Waals surface area (Å²) in [6.07, 6.45) is 0.440. The summed E-state index contributed by atoms with van der Waals surface area (Å²) in [5, 5.41) is 13.5. The SMILES string of the molecule is COc1cc(C(C)=NNC(=O)CC(C)C)ccc1O. The number of aromatic hydroxyl groups is 1. The highest BCUT2D eigenvalue weighted by atomic mass is 16.5. The Morgan fingerprint density at radius 3 is 2.74 bits per heavy atom. The fourth-order valence-corrected chi connectivity index (χ4v) is 1.53. The van der Waals surface area contributed by atoms with Gasteiger partial charge in [-0.3, -0.25) is 4.79 Å². The summed E-state index contributed by atoms with van der Waals surface area (Å²) in [7, 11) is 1.48. The van der Waals surface area contributed by atoms with E-state index in [-0.39, 0.29) is 11.7 Å². The van der Waals surface area contributed by atoms with Crippen LogP contribution in [0.3, 0.4) is 0 Å². The predicted molar refractivity (Wildman–Crippen MR) is 74.5 cm³/mol. The van der Waals surface area contributed by atoms with Crippen molar-refractivity contribution in [1.82, 2.24) is 5.43 Å². The van der Waals surface area contributed by atoms with E-state index in [0.717, 1.165) is 5.56 Å². The first-order valence-corrected chi connectivity index (χ1v) is 6.14. The molecule has 0 aromatic heterocycles. The molecule has 0 atom stereocenters. The molecule has 2 N–H and O–H groups in total. The summed E-state index contributed by atoms with van der Waals surface area (Å²) >= 11 is 0. The van der Waals surface area contributed by atoms with Crippen molar-refractivity contribution in [2.45, 2.75) is 27.2 Å². The molecule has 0 saturated carbocycles. The van der Waals surface area contributed by atoms with Gasteiger partial charge in [-0.15, -0.1) is 0 Å². The van der Waals surface area contributed by atoms with E-state index in [1.54, 1.807) is 19.1 Å². The molecule has 0 aliphatic heterocycles. The molecule has 0 aliphatic rings. The van der Waals surface area contributed by atoms with Gasteiger partial charge in [0.1, 0.15) is 0 Å². The Kier molecular flexibility index (Phi) is 5.36. The summed E-state index contributed by atoms with van der Waals surface area (Å²) in [6, 6.07) is 4.91. The van der Waals surface area contributed by atoms with Crippen LogP contribution in [0.2, 0.25) is 0 Å². The molecule has 104 valence electrons. The van der Waals surface area contributed by atoms with Crippen molar-refractivity contribution in [2.24, 2.45) is 11.0 Å². The van der Waals surface area contributed by atoms with Gasteiger partial charge in [-0.2, -0.15) is 5.10 Å². The van der Waals surface area contributed by atoms with Gasteiger partial charge in [-0.1, -0.05) is 13.8 Å². The van der Waals surface area contributed by atoms with E-state index < -0.39 is 0 Å². The average molecular weight is 264 g/mol. The molecule has 5 nitrogen and oxygen atoms in total. The van der Waals surface area contributed by atoms with Gasteiger partial charge >= 0.3 is 0 Å². The fraction of sp³-hybridized carbons (Fsp3) is 0.429. The van der Waals surface area contributed by atoms with Gasteiger partial charge in [0.2, 0.25) is 5.91 Å². The van der Waals surface area contributed by atoms with Crippen molar-refractivity contribution in [3.05, 3.63) is 23.8 Å². The topological polar surface area (TPSA) is 70.9 Å². The highest BCUT2D eigenvalue weighted by Crippen LogP contribution is 2.26. The Labute approximate surface area is 113 Å². The number of amides is 1. The summed E-state index contributed by atoms with van der Waals surface area (Å²) < 4.78 is 5.02. The number of benzene rings is 1. The number of phenolic OH excluding ortho intramolecular Hbond substituents is 1. The number of hydrogen-bond acceptors (Lipinski definition) is 4. The third-order valence-electron chi connectivity index (χ3n) is 2.54. The smallest absolute Gasteiger partial charge is 0.240 e. The van der Waals surface area contributed by atoms with Crippen LogP contribution >= 0.6 is 0 Å². The van der Waals surface area contributed by atoms with Gasteiger partial charge < -0.3 is 9.84 Å². The second-order valence-corrected chi connectivity index (χ2v) is 4.72. The van der Waals surface area contributed by atoms with Crippen molar-refractivity contribution >= 4 is 11.6 Å². The number of methoxy groups -OCH3 is 1. The van der Waals surface area contributed by atoms with E-state index in [1.165, 1.54) is 13.2 Å². The molecule has 0 radical (unpaired) electrons. The van der Waals surface area contributed by atoms with E-state index in [4.69, 9.17) is 4.74 Å². The molecule has 0 unspecified atom stereocenters. The lowest BCUT2D eigenvalue weighted by atomic mass is 10.1. The monoisotopic (exact) mass is 264 g/mol. The Hall–Kier alpha value is -2.04. The van der Waals surface area contributed by atoms with Crippen LogP contribution in [0.25, 0.3) is 0 Å². The number of hydrazone groups is 1. The van der Waals surface area contributed by atoms with Crippen molar-refractivity contribution in [3.63, 3.8) is 0 Å². The molecule has 1 rings (SSSR count). The Morgan fingerprint density at radius 2 is 2.16 bits per heavy atom. The minimum Gasteiger partial charge on any atom is -0.504 e. The van der Waals surface area contributed by atoms with Crippen LogP contribution in [0.1, 0.15) is 32.8 Å². The summed E-state index contributed by atoms with van der Waals surface area (Å²) in [6.45, 7) is 5.73. The zero-order valence-electron chi connectivity index (χ0n) is 11.7. The molecule has 0 aliphatic carbocycles. The molecular weight excluding hydrogens is 244 g/mol. The molecule has 5 heteroatoms. The van der Waals surface area contributed by atoms with E-state index in [1.807, 2.05) is 13.8 Å². The standard InChI is InChI=1S/C14H20N2O3/c1-9(2)7-14(18)16-15-10(3)11-5-6-12(17)13(8-11)19-4/h5-6,8-9,17H,7H2,1-4H3,(H,16,18). The Bertz CT molecular complexity index is 482. The minimum atomic E-state index is -0.111. The Morgan fingerprint density at radius 1 is 1.47 bits per heavy atom. The summed E-state index contributed by atoms with van der Waals surface area (Å²) in [4.78, 5) is 11.5. The highest BCUT2D eigenvalue weighted by molar-refractivity contribution is 5.99. The third kappa shape index (κ3) is 4.62. The molecule has 1 aromatic rings. The van der Waals surface area contributed by atoms with Gasteiger partial charge in [-0.05, 0) is 31.0 Å². The largest absolute Gasteiger partial charge is 0.504 e. The fourth-order valence-electron chi connectivity index (χ4n) is 1.53. The van der Waals surface area contributed by atoms with Crippen LogP contribution in [-0.2, 0) is 4.79 Å². The quantitative estimate of drug-likeness (QED) is 0.633. The number of carbonyl (C=O) groups is 1.